The van der Waals surface area contributed by atoms with E-state index in [4.69, 9.17) is 4.74 Å². The number of hydrogen-bond acceptors (Lipinski definition) is 4. The van der Waals surface area contributed by atoms with Crippen molar-refractivity contribution in [2.45, 2.75) is 52.1 Å². The van der Waals surface area contributed by atoms with Crippen molar-refractivity contribution in [1.82, 2.24) is 19.6 Å². The average molecular weight is 349 g/mol. The van der Waals surface area contributed by atoms with Crippen LogP contribution in [0.4, 0.5) is 10.5 Å². The van der Waals surface area contributed by atoms with E-state index in [0.717, 1.165) is 83.0 Å². The van der Waals surface area contributed by atoms with Crippen molar-refractivity contribution in [1.29, 1.82) is 0 Å². The maximum absolute atomic E-state index is 12.8. The number of nitrogens with one attached hydrogen (secondary N) is 1. The number of morpholine rings is 1. The van der Waals surface area contributed by atoms with Gasteiger partial charge in [-0.25, -0.2) is 4.79 Å². The summed E-state index contributed by atoms with van der Waals surface area (Å²) in [7, 11) is 0. The first kappa shape index (κ1) is 18.2. The van der Waals surface area contributed by atoms with Crippen LogP contribution in [0, 0.1) is 6.92 Å². The molecular formula is C18H31N5O2. The Balaban J connectivity index is 1.57. The molecule has 0 bridgehead atoms. The lowest BCUT2D eigenvalue weighted by Gasteiger charge is -2.32. The molecule has 2 aliphatic heterocycles. The fourth-order valence-electron chi connectivity index (χ4n) is 3.66. The number of nitrogens with zero attached hydrogens (tertiary/aromatic N) is 4. The molecule has 140 valence electrons. The second-order valence-corrected chi connectivity index (χ2v) is 7.05. The zero-order valence-electron chi connectivity index (χ0n) is 15.5. The smallest absolute Gasteiger partial charge is 0.322 e. The van der Waals surface area contributed by atoms with Gasteiger partial charge in [-0.15, -0.1) is 0 Å². The lowest BCUT2D eigenvalue weighted by molar-refractivity contribution is 0.0296. The molecule has 3 heterocycles. The predicted molar refractivity (Wildman–Crippen MR) is 97.9 cm³/mol. The summed E-state index contributed by atoms with van der Waals surface area (Å²) >= 11 is 0. The van der Waals surface area contributed by atoms with E-state index in [1.54, 1.807) is 6.20 Å². The number of hydrogen-bond donors (Lipinski definition) is 1. The summed E-state index contributed by atoms with van der Waals surface area (Å²) in [6.45, 7) is 10.4. The molecule has 25 heavy (non-hydrogen) atoms. The Morgan fingerprint density at radius 2 is 2.16 bits per heavy atom. The minimum atomic E-state index is 0.00824. The normalized spacial score (nSPS) is 21.7. The van der Waals surface area contributed by atoms with Crippen LogP contribution in [-0.2, 0) is 11.3 Å². The topological polar surface area (TPSA) is 62.6 Å². The fraction of sp³-hybridized carbons (Fsp3) is 0.778. The number of ether oxygens (including phenoxy) is 1. The number of amides is 2. The van der Waals surface area contributed by atoms with Gasteiger partial charge in [-0.1, -0.05) is 13.3 Å². The van der Waals surface area contributed by atoms with Crippen molar-refractivity contribution in [3.8, 4) is 0 Å². The van der Waals surface area contributed by atoms with Crippen LogP contribution in [0.15, 0.2) is 6.20 Å². The summed E-state index contributed by atoms with van der Waals surface area (Å²) in [5.74, 6) is 0. The largest absolute Gasteiger partial charge is 0.379 e. The van der Waals surface area contributed by atoms with Gasteiger partial charge in [0, 0.05) is 38.8 Å². The zero-order valence-corrected chi connectivity index (χ0v) is 15.5. The first-order valence-corrected chi connectivity index (χ1v) is 9.59. The summed E-state index contributed by atoms with van der Waals surface area (Å²) in [6.07, 6.45) is 6.17. The maximum atomic E-state index is 12.8. The van der Waals surface area contributed by atoms with Crippen molar-refractivity contribution in [3.05, 3.63) is 11.9 Å². The third-order valence-electron chi connectivity index (χ3n) is 5.28. The van der Waals surface area contributed by atoms with Gasteiger partial charge < -0.3 is 15.0 Å². The molecule has 0 aliphatic carbocycles. The second-order valence-electron chi connectivity index (χ2n) is 7.05. The van der Waals surface area contributed by atoms with E-state index in [1.165, 1.54) is 0 Å². The Morgan fingerprint density at radius 1 is 1.36 bits per heavy atom. The predicted octanol–water partition coefficient (Wildman–Crippen LogP) is 2.32. The molecule has 0 unspecified atom stereocenters. The molecule has 0 spiro atoms. The van der Waals surface area contributed by atoms with Gasteiger partial charge in [0.1, 0.15) is 0 Å². The molecule has 1 atom stereocenters. The summed E-state index contributed by atoms with van der Waals surface area (Å²) in [5.41, 5.74) is 1.86. The number of unbranched alkanes of at least 4 members (excludes halogenated alkanes) is 1. The molecule has 7 heteroatoms. The van der Waals surface area contributed by atoms with Crippen LogP contribution in [0.5, 0.6) is 0 Å². The van der Waals surface area contributed by atoms with E-state index in [9.17, 15) is 4.79 Å². The number of urea groups is 1. The molecule has 0 aromatic carbocycles. The van der Waals surface area contributed by atoms with Gasteiger partial charge in [0.05, 0.1) is 30.8 Å². The lowest BCUT2D eigenvalue weighted by atomic mass is 10.2. The van der Waals surface area contributed by atoms with Crippen LogP contribution in [0.2, 0.25) is 0 Å². The van der Waals surface area contributed by atoms with Gasteiger partial charge in [0.25, 0.3) is 0 Å². The van der Waals surface area contributed by atoms with E-state index < -0.39 is 0 Å². The van der Waals surface area contributed by atoms with E-state index in [0.29, 0.717) is 6.04 Å². The minimum absolute atomic E-state index is 0.00824. The summed E-state index contributed by atoms with van der Waals surface area (Å²) in [5, 5.41) is 7.48. The van der Waals surface area contributed by atoms with E-state index in [2.05, 4.69) is 22.2 Å². The van der Waals surface area contributed by atoms with E-state index in [1.807, 2.05) is 16.5 Å². The highest BCUT2D eigenvalue weighted by atomic mass is 16.5. The Kier molecular flexibility index (Phi) is 6.31. The third-order valence-corrected chi connectivity index (χ3v) is 5.28. The number of rotatable bonds is 6. The summed E-state index contributed by atoms with van der Waals surface area (Å²) < 4.78 is 7.40. The van der Waals surface area contributed by atoms with Crippen LogP contribution < -0.4 is 5.32 Å². The van der Waals surface area contributed by atoms with Crippen LogP contribution in [-0.4, -0.2) is 71.0 Å². The molecule has 3 rings (SSSR count). The molecule has 2 aliphatic rings. The van der Waals surface area contributed by atoms with Crippen LogP contribution in [0.1, 0.15) is 38.3 Å². The molecule has 2 fully saturated rings. The van der Waals surface area contributed by atoms with Crippen LogP contribution in [0.25, 0.3) is 0 Å². The second kappa shape index (κ2) is 8.67. The number of likely N-dealkylation sites (tertiary alicyclic amines) is 1. The van der Waals surface area contributed by atoms with Crippen molar-refractivity contribution < 1.29 is 9.53 Å². The highest BCUT2D eigenvalue weighted by molar-refractivity contribution is 5.90. The summed E-state index contributed by atoms with van der Waals surface area (Å²) in [4.78, 5) is 17.2. The SMILES string of the molecule is CCCCn1ncc(NC(=O)N2CCC[C@@H]2CN2CCOCC2)c1C. The van der Waals surface area contributed by atoms with Crippen LogP contribution in [0.3, 0.4) is 0 Å². The number of aromatic nitrogens is 2. The number of carbonyl (C=O) groups excluding carboxylic acids is 1. The van der Waals surface area contributed by atoms with Crippen molar-refractivity contribution in [2.75, 3.05) is 44.7 Å². The number of carbonyl (C=O) groups is 1. The van der Waals surface area contributed by atoms with Gasteiger partial charge in [-0.3, -0.25) is 9.58 Å². The van der Waals surface area contributed by atoms with Gasteiger partial charge in [-0.05, 0) is 26.2 Å². The zero-order chi connectivity index (χ0) is 17.6. The van der Waals surface area contributed by atoms with Gasteiger partial charge in [-0.2, -0.15) is 5.10 Å². The van der Waals surface area contributed by atoms with Crippen molar-refractivity contribution in [2.24, 2.45) is 0 Å². The monoisotopic (exact) mass is 349 g/mol. The van der Waals surface area contributed by atoms with Crippen molar-refractivity contribution >= 4 is 11.7 Å². The third kappa shape index (κ3) is 4.52. The minimum Gasteiger partial charge on any atom is -0.379 e. The van der Waals surface area contributed by atoms with Gasteiger partial charge >= 0.3 is 6.03 Å². The Bertz CT molecular complexity index is 568. The molecule has 1 N–H and O–H groups in total. The first-order chi connectivity index (χ1) is 12.2. The molecule has 0 radical (unpaired) electrons. The molecule has 7 nitrogen and oxygen atoms in total. The van der Waals surface area contributed by atoms with E-state index >= 15 is 0 Å². The number of anilines is 1. The summed E-state index contributed by atoms with van der Waals surface area (Å²) in [6, 6.07) is 0.308. The van der Waals surface area contributed by atoms with Crippen molar-refractivity contribution in [3.63, 3.8) is 0 Å². The van der Waals surface area contributed by atoms with Crippen LogP contribution >= 0.6 is 0 Å². The standard InChI is InChI=1S/C18H31N5O2/c1-3-4-8-23-15(2)17(13-19-23)20-18(24)22-7-5-6-16(22)14-21-9-11-25-12-10-21/h13,16H,3-12,14H2,1-2H3,(H,20,24)/t16-/m1/s1. The Labute approximate surface area is 150 Å². The highest BCUT2D eigenvalue weighted by Gasteiger charge is 2.31. The lowest BCUT2D eigenvalue weighted by Crippen LogP contribution is -2.47. The van der Waals surface area contributed by atoms with E-state index in [-0.39, 0.29) is 6.03 Å². The molecule has 0 saturated carbocycles. The maximum Gasteiger partial charge on any atom is 0.322 e. The molecule has 1 aromatic heterocycles. The van der Waals surface area contributed by atoms with Gasteiger partial charge in [0.15, 0.2) is 0 Å². The molecular weight excluding hydrogens is 318 g/mol. The molecule has 1 aromatic rings. The number of aryl methyl sites for hydroxylation is 1. The fourth-order valence-corrected chi connectivity index (χ4v) is 3.66. The Hall–Kier alpha value is -1.60. The molecule has 2 saturated heterocycles. The molecule has 2 amide bonds. The highest BCUT2D eigenvalue weighted by Crippen LogP contribution is 2.21. The van der Waals surface area contributed by atoms with Gasteiger partial charge in [0.2, 0.25) is 0 Å². The quantitative estimate of drug-likeness (QED) is 0.856. The first-order valence-electron chi connectivity index (χ1n) is 9.59. The Morgan fingerprint density at radius 3 is 2.92 bits per heavy atom. The average Bonchev–Trinajstić information content (AvgIpc) is 3.22.